The van der Waals surface area contributed by atoms with E-state index in [1.54, 1.807) is 6.33 Å². The van der Waals surface area contributed by atoms with Crippen molar-refractivity contribution in [1.29, 1.82) is 0 Å². The molecule has 1 aromatic rings. The van der Waals surface area contributed by atoms with Crippen LogP contribution in [0, 0.1) is 0 Å². The number of nitrogens with zero attached hydrogens (tertiary/aromatic N) is 3. The molecule has 0 saturated carbocycles. The van der Waals surface area contributed by atoms with Gasteiger partial charge in [-0.25, -0.2) is 15.8 Å². The number of hydrogen-bond donors (Lipinski definition) is 2. The Kier molecular flexibility index (Phi) is 3.78. The van der Waals surface area contributed by atoms with Crippen LogP contribution in [0.25, 0.3) is 0 Å². The largest absolute Gasteiger partial charge is 0.356 e. The molecular weight excluding hydrogens is 214 g/mol. The van der Waals surface area contributed by atoms with Gasteiger partial charge in [-0.1, -0.05) is 13.8 Å². The lowest BCUT2D eigenvalue weighted by molar-refractivity contribution is 0.570. The molecule has 0 atom stereocenters. The van der Waals surface area contributed by atoms with Gasteiger partial charge in [0.1, 0.15) is 18.0 Å². The number of nitrogen functional groups attached to an aromatic ring is 1. The first-order chi connectivity index (χ1) is 8.24. The molecule has 2 rings (SSSR count). The van der Waals surface area contributed by atoms with E-state index >= 15 is 0 Å². The highest BCUT2D eigenvalue weighted by molar-refractivity contribution is 5.60. The van der Waals surface area contributed by atoms with Crippen molar-refractivity contribution in [3.63, 3.8) is 0 Å². The molecule has 2 heterocycles. The highest BCUT2D eigenvalue weighted by Gasteiger charge is 2.20. The predicted octanol–water partition coefficient (Wildman–Crippen LogP) is 1.88. The molecule has 1 aliphatic heterocycles. The van der Waals surface area contributed by atoms with E-state index in [9.17, 15) is 0 Å². The monoisotopic (exact) mass is 235 g/mol. The smallest absolute Gasteiger partial charge is 0.148 e. The number of aromatic nitrogens is 2. The zero-order chi connectivity index (χ0) is 12.3. The van der Waals surface area contributed by atoms with Crippen LogP contribution in [0.2, 0.25) is 0 Å². The number of nitrogens with two attached hydrogens (primary N) is 1. The molecule has 1 aliphatic rings. The van der Waals surface area contributed by atoms with E-state index < -0.39 is 0 Å². The van der Waals surface area contributed by atoms with E-state index in [2.05, 4.69) is 34.1 Å². The molecule has 1 saturated heterocycles. The van der Waals surface area contributed by atoms with Crippen molar-refractivity contribution >= 4 is 11.6 Å². The number of nitrogens with one attached hydrogen (secondary N) is 1. The van der Waals surface area contributed by atoms with Crippen molar-refractivity contribution in [3.05, 3.63) is 11.9 Å². The Morgan fingerprint density at radius 2 is 1.94 bits per heavy atom. The van der Waals surface area contributed by atoms with Crippen molar-refractivity contribution in [1.82, 2.24) is 9.97 Å². The molecule has 5 heteroatoms. The summed E-state index contributed by atoms with van der Waals surface area (Å²) in [5, 5.41) is 0. The van der Waals surface area contributed by atoms with Crippen molar-refractivity contribution in [2.24, 2.45) is 5.84 Å². The molecule has 0 spiro atoms. The van der Waals surface area contributed by atoms with Gasteiger partial charge in [-0.15, -0.1) is 0 Å². The maximum absolute atomic E-state index is 5.53. The van der Waals surface area contributed by atoms with Crippen LogP contribution in [0.1, 0.15) is 44.6 Å². The second-order valence-corrected chi connectivity index (χ2v) is 4.81. The SMILES string of the molecule is CC(C)c1c(NN)ncnc1N1CCCCC1. The van der Waals surface area contributed by atoms with Gasteiger partial charge in [0.25, 0.3) is 0 Å². The quantitative estimate of drug-likeness (QED) is 0.618. The van der Waals surface area contributed by atoms with Crippen LogP contribution in [0.15, 0.2) is 6.33 Å². The van der Waals surface area contributed by atoms with E-state index in [0.29, 0.717) is 5.92 Å². The van der Waals surface area contributed by atoms with Gasteiger partial charge in [-0.05, 0) is 25.2 Å². The zero-order valence-electron chi connectivity index (χ0n) is 10.6. The fourth-order valence-corrected chi connectivity index (χ4v) is 2.39. The summed E-state index contributed by atoms with van der Waals surface area (Å²) >= 11 is 0. The first kappa shape index (κ1) is 12.1. The first-order valence-electron chi connectivity index (χ1n) is 6.30. The minimum absolute atomic E-state index is 0.360. The number of rotatable bonds is 3. The van der Waals surface area contributed by atoms with Crippen molar-refractivity contribution in [2.45, 2.75) is 39.0 Å². The summed E-state index contributed by atoms with van der Waals surface area (Å²) in [7, 11) is 0. The second-order valence-electron chi connectivity index (χ2n) is 4.81. The van der Waals surface area contributed by atoms with Gasteiger partial charge in [0, 0.05) is 18.7 Å². The minimum atomic E-state index is 0.360. The van der Waals surface area contributed by atoms with E-state index in [4.69, 9.17) is 5.84 Å². The lowest BCUT2D eigenvalue weighted by atomic mass is 10.0. The van der Waals surface area contributed by atoms with Crippen LogP contribution in [0.3, 0.4) is 0 Å². The normalized spacial score (nSPS) is 16.4. The summed E-state index contributed by atoms with van der Waals surface area (Å²) in [6.07, 6.45) is 5.39. The Balaban J connectivity index is 2.37. The van der Waals surface area contributed by atoms with E-state index in [-0.39, 0.29) is 0 Å². The molecule has 5 nitrogen and oxygen atoms in total. The molecular formula is C12H21N5. The first-order valence-corrected chi connectivity index (χ1v) is 6.30. The molecule has 1 fully saturated rings. The topological polar surface area (TPSA) is 67.1 Å². The Labute approximate surface area is 102 Å². The van der Waals surface area contributed by atoms with Crippen LogP contribution in [0.4, 0.5) is 11.6 Å². The summed E-state index contributed by atoms with van der Waals surface area (Å²) < 4.78 is 0. The highest BCUT2D eigenvalue weighted by Crippen LogP contribution is 2.31. The molecule has 94 valence electrons. The van der Waals surface area contributed by atoms with Gasteiger partial charge in [-0.2, -0.15) is 0 Å². The number of piperidine rings is 1. The van der Waals surface area contributed by atoms with Gasteiger partial charge in [-0.3, -0.25) is 0 Å². The molecule has 0 aromatic carbocycles. The Hall–Kier alpha value is -1.36. The van der Waals surface area contributed by atoms with E-state index in [0.717, 1.165) is 30.3 Å². The summed E-state index contributed by atoms with van der Waals surface area (Å²) in [6.45, 7) is 6.46. The number of hydrogen-bond acceptors (Lipinski definition) is 5. The Morgan fingerprint density at radius 1 is 1.24 bits per heavy atom. The van der Waals surface area contributed by atoms with Gasteiger partial charge in [0.05, 0.1) is 0 Å². The molecule has 0 bridgehead atoms. The van der Waals surface area contributed by atoms with Crippen LogP contribution in [-0.4, -0.2) is 23.1 Å². The van der Waals surface area contributed by atoms with Crippen LogP contribution >= 0.6 is 0 Å². The summed E-state index contributed by atoms with van der Waals surface area (Å²) in [6, 6.07) is 0. The summed E-state index contributed by atoms with van der Waals surface area (Å²) in [5.41, 5.74) is 3.80. The second kappa shape index (κ2) is 5.31. The summed E-state index contributed by atoms with van der Waals surface area (Å²) in [5.74, 6) is 7.68. The average Bonchev–Trinajstić information content (AvgIpc) is 2.38. The molecule has 3 N–H and O–H groups in total. The number of anilines is 2. The molecule has 0 aliphatic carbocycles. The van der Waals surface area contributed by atoms with Crippen LogP contribution in [-0.2, 0) is 0 Å². The molecule has 1 aromatic heterocycles. The standard InChI is InChI=1S/C12H21N5/c1-9(2)10-11(16-13)14-8-15-12(10)17-6-4-3-5-7-17/h8-9H,3-7,13H2,1-2H3,(H,14,15,16). The average molecular weight is 235 g/mol. The lowest BCUT2D eigenvalue weighted by Gasteiger charge is -2.30. The number of hydrazine groups is 1. The third-order valence-corrected chi connectivity index (χ3v) is 3.23. The molecule has 0 radical (unpaired) electrons. The Morgan fingerprint density at radius 3 is 2.53 bits per heavy atom. The van der Waals surface area contributed by atoms with Crippen LogP contribution in [0.5, 0.6) is 0 Å². The fourth-order valence-electron chi connectivity index (χ4n) is 2.39. The maximum atomic E-state index is 5.53. The third kappa shape index (κ3) is 2.49. The van der Waals surface area contributed by atoms with E-state index in [1.165, 1.54) is 19.3 Å². The Bertz CT molecular complexity index is 371. The van der Waals surface area contributed by atoms with Gasteiger partial charge in [0.2, 0.25) is 0 Å². The molecule has 0 amide bonds. The van der Waals surface area contributed by atoms with Crippen molar-refractivity contribution < 1.29 is 0 Å². The maximum Gasteiger partial charge on any atom is 0.148 e. The van der Waals surface area contributed by atoms with Crippen molar-refractivity contribution in [3.8, 4) is 0 Å². The summed E-state index contributed by atoms with van der Waals surface area (Å²) in [4.78, 5) is 11.0. The van der Waals surface area contributed by atoms with Gasteiger partial charge < -0.3 is 10.3 Å². The van der Waals surface area contributed by atoms with Crippen LogP contribution < -0.4 is 16.2 Å². The third-order valence-electron chi connectivity index (χ3n) is 3.23. The fraction of sp³-hybridized carbons (Fsp3) is 0.667. The predicted molar refractivity (Wildman–Crippen MR) is 70.0 cm³/mol. The molecule has 17 heavy (non-hydrogen) atoms. The minimum Gasteiger partial charge on any atom is -0.356 e. The highest BCUT2D eigenvalue weighted by atomic mass is 15.3. The van der Waals surface area contributed by atoms with Gasteiger partial charge in [0.15, 0.2) is 0 Å². The lowest BCUT2D eigenvalue weighted by Crippen LogP contribution is -2.31. The molecule has 0 unspecified atom stereocenters. The zero-order valence-corrected chi connectivity index (χ0v) is 10.6. The van der Waals surface area contributed by atoms with E-state index in [1.807, 2.05) is 0 Å². The van der Waals surface area contributed by atoms with Crippen molar-refractivity contribution in [2.75, 3.05) is 23.4 Å². The van der Waals surface area contributed by atoms with Gasteiger partial charge >= 0.3 is 0 Å².